The van der Waals surface area contributed by atoms with Crippen LogP contribution in [0.3, 0.4) is 0 Å². The molecule has 33 heavy (non-hydrogen) atoms. The molecule has 1 N–H and O–H groups in total. The zero-order valence-corrected chi connectivity index (χ0v) is 21.0. The van der Waals surface area contributed by atoms with Gasteiger partial charge >= 0.3 is 0 Å². The lowest BCUT2D eigenvalue weighted by molar-refractivity contribution is 0.284. The van der Waals surface area contributed by atoms with E-state index >= 15 is 0 Å². The fraction of sp³-hybridized carbons (Fsp3) is 0.280. The molecule has 3 aromatic carbocycles. The summed E-state index contributed by atoms with van der Waals surface area (Å²) in [5.74, 6) is 2.54. The second-order valence-corrected chi connectivity index (χ2v) is 8.42. The van der Waals surface area contributed by atoms with Crippen LogP contribution < -0.4 is 24.3 Å². The summed E-state index contributed by atoms with van der Waals surface area (Å²) in [6, 6.07) is 14.9. The van der Waals surface area contributed by atoms with Gasteiger partial charge in [-0.05, 0) is 54.4 Å². The van der Waals surface area contributed by atoms with Crippen LogP contribution in [0.1, 0.15) is 16.7 Å². The molecule has 0 spiro atoms. The molecule has 0 amide bonds. The molecule has 5 nitrogen and oxygen atoms in total. The average molecular weight is 511 g/mol. The first-order valence-corrected chi connectivity index (χ1v) is 11.4. The Labute approximate surface area is 209 Å². The number of methoxy groups -OCH3 is 3. The van der Waals surface area contributed by atoms with Crippen molar-refractivity contribution in [2.45, 2.75) is 19.6 Å². The first-order chi connectivity index (χ1) is 16.0. The summed E-state index contributed by atoms with van der Waals surface area (Å²) in [5.41, 5.74) is 2.76. The van der Waals surface area contributed by atoms with Crippen LogP contribution in [-0.2, 0) is 19.6 Å². The van der Waals surface area contributed by atoms with Gasteiger partial charge in [0.2, 0.25) is 0 Å². The quantitative estimate of drug-likeness (QED) is 0.295. The standard InChI is InChI=1S/C25H26Cl3NO4/c1-30-22-8-7-16(11-23(22)31-2)9-10-29-14-17-12-24(32-3)25(13-21(17)28)33-15-18-19(26)5-4-6-20(18)27/h4-8,11-13,29H,9-10,14-15H2,1-3H3. The van der Waals surface area contributed by atoms with Crippen molar-refractivity contribution in [3.8, 4) is 23.0 Å². The summed E-state index contributed by atoms with van der Waals surface area (Å²) in [6.07, 6.45) is 0.828. The molecule has 0 aliphatic heterocycles. The molecule has 0 bridgehead atoms. The van der Waals surface area contributed by atoms with Crippen molar-refractivity contribution < 1.29 is 18.9 Å². The fourth-order valence-corrected chi connectivity index (χ4v) is 4.02. The van der Waals surface area contributed by atoms with Gasteiger partial charge in [-0.25, -0.2) is 0 Å². The third-order valence-electron chi connectivity index (χ3n) is 5.12. The summed E-state index contributed by atoms with van der Waals surface area (Å²) in [5, 5.41) is 5.08. The Balaban J connectivity index is 1.60. The topological polar surface area (TPSA) is 49.0 Å². The summed E-state index contributed by atoms with van der Waals surface area (Å²) in [7, 11) is 4.85. The van der Waals surface area contributed by atoms with E-state index in [0.29, 0.717) is 44.4 Å². The molecule has 0 atom stereocenters. The van der Waals surface area contributed by atoms with Crippen molar-refractivity contribution in [2.75, 3.05) is 27.9 Å². The molecule has 8 heteroatoms. The maximum Gasteiger partial charge on any atom is 0.163 e. The lowest BCUT2D eigenvalue weighted by Crippen LogP contribution is -2.17. The molecular formula is C25H26Cl3NO4. The molecule has 0 fully saturated rings. The highest BCUT2D eigenvalue weighted by Crippen LogP contribution is 2.35. The zero-order chi connectivity index (χ0) is 23.8. The monoisotopic (exact) mass is 509 g/mol. The molecule has 0 heterocycles. The molecule has 0 aliphatic rings. The van der Waals surface area contributed by atoms with Gasteiger partial charge in [0.25, 0.3) is 0 Å². The van der Waals surface area contributed by atoms with Gasteiger partial charge in [-0.2, -0.15) is 0 Å². The maximum atomic E-state index is 6.51. The first kappa shape index (κ1) is 25.3. The zero-order valence-electron chi connectivity index (χ0n) is 18.7. The van der Waals surface area contributed by atoms with Crippen LogP contribution >= 0.6 is 34.8 Å². The highest BCUT2D eigenvalue weighted by molar-refractivity contribution is 6.36. The van der Waals surface area contributed by atoms with Crippen molar-refractivity contribution in [2.24, 2.45) is 0 Å². The van der Waals surface area contributed by atoms with E-state index in [9.17, 15) is 0 Å². The Morgan fingerprint density at radius 2 is 1.39 bits per heavy atom. The third kappa shape index (κ3) is 6.61. The summed E-state index contributed by atoms with van der Waals surface area (Å²) >= 11 is 19.0. The molecule has 3 rings (SSSR count). The molecule has 0 aromatic heterocycles. The van der Waals surface area contributed by atoms with Gasteiger partial charge < -0.3 is 24.3 Å². The lowest BCUT2D eigenvalue weighted by atomic mass is 10.1. The van der Waals surface area contributed by atoms with Crippen molar-refractivity contribution in [3.05, 3.63) is 80.3 Å². The van der Waals surface area contributed by atoms with E-state index in [1.165, 1.54) is 0 Å². The molecule has 0 aliphatic carbocycles. The van der Waals surface area contributed by atoms with Gasteiger partial charge in [0.1, 0.15) is 6.61 Å². The number of ether oxygens (including phenoxy) is 4. The first-order valence-electron chi connectivity index (χ1n) is 10.3. The molecule has 0 unspecified atom stereocenters. The second kappa shape index (κ2) is 12.2. The minimum absolute atomic E-state index is 0.202. The van der Waals surface area contributed by atoms with Gasteiger partial charge in [0.15, 0.2) is 23.0 Å². The van der Waals surface area contributed by atoms with E-state index < -0.39 is 0 Å². The SMILES string of the molecule is COc1ccc(CCNCc2cc(OC)c(OCc3c(Cl)cccc3Cl)cc2Cl)cc1OC. The van der Waals surface area contributed by atoms with E-state index in [2.05, 4.69) is 5.32 Å². The predicted molar refractivity (Wildman–Crippen MR) is 134 cm³/mol. The van der Waals surface area contributed by atoms with Crippen molar-refractivity contribution >= 4 is 34.8 Å². The van der Waals surface area contributed by atoms with E-state index in [-0.39, 0.29) is 6.61 Å². The number of nitrogens with one attached hydrogen (secondary N) is 1. The smallest absolute Gasteiger partial charge is 0.163 e. The van der Waals surface area contributed by atoms with Crippen LogP contribution in [-0.4, -0.2) is 27.9 Å². The Morgan fingerprint density at radius 3 is 2.06 bits per heavy atom. The van der Waals surface area contributed by atoms with Gasteiger partial charge in [0, 0.05) is 33.2 Å². The Kier molecular flexibility index (Phi) is 9.39. The largest absolute Gasteiger partial charge is 0.493 e. The number of rotatable bonds is 11. The van der Waals surface area contributed by atoms with Gasteiger partial charge in [-0.3, -0.25) is 0 Å². The lowest BCUT2D eigenvalue weighted by Gasteiger charge is -2.15. The minimum Gasteiger partial charge on any atom is -0.493 e. The van der Waals surface area contributed by atoms with Crippen LogP contribution in [0.5, 0.6) is 23.0 Å². The third-order valence-corrected chi connectivity index (χ3v) is 6.18. The van der Waals surface area contributed by atoms with Gasteiger partial charge in [-0.15, -0.1) is 0 Å². The normalized spacial score (nSPS) is 10.7. The molecule has 3 aromatic rings. The molecule has 0 saturated heterocycles. The number of benzene rings is 3. The molecule has 0 radical (unpaired) electrons. The summed E-state index contributed by atoms with van der Waals surface area (Å²) < 4.78 is 22.1. The van der Waals surface area contributed by atoms with Crippen molar-refractivity contribution in [1.29, 1.82) is 0 Å². The van der Waals surface area contributed by atoms with Gasteiger partial charge in [0.05, 0.1) is 21.3 Å². The van der Waals surface area contributed by atoms with Gasteiger partial charge in [-0.1, -0.05) is 46.9 Å². The maximum absolute atomic E-state index is 6.51. The number of hydrogen-bond donors (Lipinski definition) is 1. The highest BCUT2D eigenvalue weighted by Gasteiger charge is 2.13. The van der Waals surface area contributed by atoms with Crippen LogP contribution in [0, 0.1) is 0 Å². The van der Waals surface area contributed by atoms with E-state index in [1.54, 1.807) is 45.6 Å². The van der Waals surface area contributed by atoms with Crippen LogP contribution in [0.2, 0.25) is 15.1 Å². The summed E-state index contributed by atoms with van der Waals surface area (Å²) in [4.78, 5) is 0. The number of halogens is 3. The van der Waals surface area contributed by atoms with E-state index in [4.69, 9.17) is 53.8 Å². The predicted octanol–water partition coefficient (Wildman–Crippen LogP) is 6.58. The minimum atomic E-state index is 0.202. The van der Waals surface area contributed by atoms with Crippen LogP contribution in [0.25, 0.3) is 0 Å². The van der Waals surface area contributed by atoms with Crippen LogP contribution in [0.15, 0.2) is 48.5 Å². The average Bonchev–Trinajstić information content (AvgIpc) is 2.82. The molecule has 0 saturated carbocycles. The number of hydrogen-bond acceptors (Lipinski definition) is 5. The second-order valence-electron chi connectivity index (χ2n) is 7.20. The summed E-state index contributed by atoms with van der Waals surface area (Å²) in [6.45, 7) is 1.55. The fourth-order valence-electron chi connectivity index (χ4n) is 3.30. The highest BCUT2D eigenvalue weighted by atomic mass is 35.5. The van der Waals surface area contributed by atoms with E-state index in [0.717, 1.165) is 29.8 Å². The van der Waals surface area contributed by atoms with Crippen LogP contribution in [0.4, 0.5) is 0 Å². The molecular weight excluding hydrogens is 485 g/mol. The van der Waals surface area contributed by atoms with Crippen molar-refractivity contribution in [3.63, 3.8) is 0 Å². The molecule has 176 valence electrons. The van der Waals surface area contributed by atoms with Crippen molar-refractivity contribution in [1.82, 2.24) is 5.32 Å². The Bertz CT molecular complexity index is 1070. The van der Waals surface area contributed by atoms with E-state index in [1.807, 2.05) is 24.3 Å². The Morgan fingerprint density at radius 1 is 0.727 bits per heavy atom. The Hall–Kier alpha value is -2.31.